The van der Waals surface area contributed by atoms with Crippen molar-refractivity contribution in [1.82, 2.24) is 10.6 Å². The van der Waals surface area contributed by atoms with Gasteiger partial charge in [-0.05, 0) is 32.3 Å². The maximum Gasteiger partial charge on any atom is 0.315 e. The molecule has 2 atom stereocenters. The van der Waals surface area contributed by atoms with E-state index in [0.717, 1.165) is 12.2 Å². The number of carboxylic acid groups (broad SMARTS) is 1. The van der Waals surface area contributed by atoms with E-state index >= 15 is 0 Å². The van der Waals surface area contributed by atoms with Gasteiger partial charge in [-0.25, -0.2) is 4.79 Å². The van der Waals surface area contributed by atoms with Crippen LogP contribution in [0.25, 0.3) is 0 Å². The number of rotatable bonds is 8. The maximum atomic E-state index is 11.5. The molecule has 0 radical (unpaired) electrons. The van der Waals surface area contributed by atoms with E-state index in [2.05, 4.69) is 10.6 Å². The lowest BCUT2D eigenvalue weighted by molar-refractivity contribution is -0.141. The lowest BCUT2D eigenvalue weighted by atomic mass is 10.0. The number of aliphatic carboxylic acids is 1. The molecule has 18 heavy (non-hydrogen) atoms. The normalized spacial score (nSPS) is 15.6. The van der Waals surface area contributed by atoms with Gasteiger partial charge in [0.15, 0.2) is 0 Å². The lowest BCUT2D eigenvalue weighted by Crippen LogP contribution is -2.47. The molecule has 2 amide bonds. The summed E-state index contributed by atoms with van der Waals surface area (Å²) in [5, 5.41) is 23.4. The van der Waals surface area contributed by atoms with Gasteiger partial charge in [0.05, 0.1) is 12.0 Å². The molecule has 106 valence electrons. The van der Waals surface area contributed by atoms with Gasteiger partial charge in [-0.1, -0.05) is 0 Å². The molecule has 0 aromatic heterocycles. The van der Waals surface area contributed by atoms with E-state index in [1.165, 1.54) is 6.92 Å². The highest BCUT2D eigenvalue weighted by molar-refractivity contribution is 7.98. The number of aliphatic hydroxyl groups is 1. The fourth-order valence-electron chi connectivity index (χ4n) is 1.30. The first-order chi connectivity index (χ1) is 8.26. The summed E-state index contributed by atoms with van der Waals surface area (Å²) in [6.07, 6.45) is 2.45. The van der Waals surface area contributed by atoms with Crippen molar-refractivity contribution in [1.29, 1.82) is 0 Å². The average molecular weight is 278 g/mol. The molecule has 0 aliphatic carbocycles. The fraction of sp³-hybridized carbons (Fsp3) is 0.818. The molecule has 0 aromatic carbocycles. The Morgan fingerprint density at radius 1 is 1.44 bits per heavy atom. The van der Waals surface area contributed by atoms with E-state index in [-0.39, 0.29) is 12.6 Å². The third kappa shape index (κ3) is 9.12. The Morgan fingerprint density at radius 3 is 2.56 bits per heavy atom. The quantitative estimate of drug-likeness (QED) is 0.522. The Morgan fingerprint density at radius 2 is 2.06 bits per heavy atom. The topological polar surface area (TPSA) is 98.7 Å². The van der Waals surface area contributed by atoms with Crippen LogP contribution < -0.4 is 10.6 Å². The first-order valence-corrected chi connectivity index (χ1v) is 7.13. The van der Waals surface area contributed by atoms with Gasteiger partial charge in [-0.2, -0.15) is 11.8 Å². The smallest absolute Gasteiger partial charge is 0.315 e. The SMILES string of the molecule is CSCCC(C)NC(=O)NCC(C)(O)CC(=O)O. The molecular weight excluding hydrogens is 256 g/mol. The number of urea groups is 1. The van der Waals surface area contributed by atoms with Crippen LogP contribution in [0.5, 0.6) is 0 Å². The molecule has 0 fully saturated rings. The van der Waals surface area contributed by atoms with Gasteiger partial charge in [0, 0.05) is 12.6 Å². The van der Waals surface area contributed by atoms with Gasteiger partial charge in [0.1, 0.15) is 0 Å². The minimum absolute atomic E-state index is 0.0434. The van der Waals surface area contributed by atoms with Crippen LogP contribution in [0.4, 0.5) is 4.79 Å². The molecule has 0 rings (SSSR count). The van der Waals surface area contributed by atoms with E-state index < -0.39 is 24.0 Å². The van der Waals surface area contributed by atoms with Crippen molar-refractivity contribution in [2.24, 2.45) is 0 Å². The Kier molecular flexibility index (Phi) is 7.77. The van der Waals surface area contributed by atoms with Crippen molar-refractivity contribution in [3.63, 3.8) is 0 Å². The third-order valence-corrected chi connectivity index (χ3v) is 2.94. The van der Waals surface area contributed by atoms with Gasteiger partial charge < -0.3 is 20.8 Å². The van der Waals surface area contributed by atoms with Crippen molar-refractivity contribution < 1.29 is 19.8 Å². The van der Waals surface area contributed by atoms with E-state index in [4.69, 9.17) is 5.11 Å². The number of thioether (sulfide) groups is 1. The van der Waals surface area contributed by atoms with E-state index in [1.807, 2.05) is 13.2 Å². The molecule has 0 heterocycles. The summed E-state index contributed by atoms with van der Waals surface area (Å²) in [4.78, 5) is 21.9. The summed E-state index contributed by atoms with van der Waals surface area (Å²) in [6, 6.07) is -0.351. The van der Waals surface area contributed by atoms with Crippen LogP contribution in [0.3, 0.4) is 0 Å². The number of amides is 2. The Hall–Kier alpha value is -0.950. The van der Waals surface area contributed by atoms with Crippen molar-refractivity contribution in [2.45, 2.75) is 38.3 Å². The van der Waals surface area contributed by atoms with Crippen LogP contribution >= 0.6 is 11.8 Å². The Bertz CT molecular complexity index is 284. The number of hydrogen-bond donors (Lipinski definition) is 4. The predicted octanol–water partition coefficient (Wildman–Crippen LogP) is 0.653. The lowest BCUT2D eigenvalue weighted by Gasteiger charge is -2.22. The van der Waals surface area contributed by atoms with E-state index in [0.29, 0.717) is 0 Å². The molecule has 6 nitrogen and oxygen atoms in total. The summed E-state index contributed by atoms with van der Waals surface area (Å²) in [5.41, 5.74) is -1.44. The summed E-state index contributed by atoms with van der Waals surface area (Å²) in [6.45, 7) is 3.17. The zero-order valence-electron chi connectivity index (χ0n) is 11.0. The standard InChI is InChI=1S/C11H22N2O4S/c1-8(4-5-18-3)13-10(16)12-7-11(2,17)6-9(14)15/h8,17H,4-7H2,1-3H3,(H,14,15)(H2,12,13,16). The van der Waals surface area contributed by atoms with Crippen LogP contribution in [-0.4, -0.2) is 52.4 Å². The molecule has 4 N–H and O–H groups in total. The van der Waals surface area contributed by atoms with Crippen molar-refractivity contribution >= 4 is 23.8 Å². The summed E-state index contributed by atoms with van der Waals surface area (Å²) in [5.74, 6) is -0.145. The van der Waals surface area contributed by atoms with Gasteiger partial charge >= 0.3 is 12.0 Å². The van der Waals surface area contributed by atoms with Gasteiger partial charge in [-0.15, -0.1) is 0 Å². The zero-order chi connectivity index (χ0) is 14.2. The number of carbonyl (C=O) groups is 2. The minimum atomic E-state index is -1.44. The second-order valence-electron chi connectivity index (χ2n) is 4.58. The molecular formula is C11H22N2O4S. The highest BCUT2D eigenvalue weighted by atomic mass is 32.2. The predicted molar refractivity (Wildman–Crippen MR) is 71.9 cm³/mol. The van der Waals surface area contributed by atoms with E-state index in [1.54, 1.807) is 11.8 Å². The monoisotopic (exact) mass is 278 g/mol. The molecule has 0 bridgehead atoms. The van der Waals surface area contributed by atoms with Crippen LogP contribution in [0, 0.1) is 0 Å². The van der Waals surface area contributed by atoms with Crippen molar-refractivity contribution in [2.75, 3.05) is 18.6 Å². The third-order valence-electron chi connectivity index (χ3n) is 2.29. The summed E-state index contributed by atoms with van der Waals surface area (Å²) in [7, 11) is 0. The summed E-state index contributed by atoms with van der Waals surface area (Å²) >= 11 is 1.70. The van der Waals surface area contributed by atoms with Crippen LogP contribution in [0.2, 0.25) is 0 Å². The van der Waals surface area contributed by atoms with Crippen LogP contribution in [0.1, 0.15) is 26.7 Å². The number of hydrogen-bond acceptors (Lipinski definition) is 4. The Balaban J connectivity index is 3.92. The molecule has 0 aliphatic heterocycles. The first-order valence-electron chi connectivity index (χ1n) is 5.74. The maximum absolute atomic E-state index is 11.5. The van der Waals surface area contributed by atoms with E-state index in [9.17, 15) is 14.7 Å². The zero-order valence-corrected chi connectivity index (χ0v) is 11.8. The Labute approximate surface area is 112 Å². The van der Waals surface area contributed by atoms with Crippen molar-refractivity contribution in [3.05, 3.63) is 0 Å². The van der Waals surface area contributed by atoms with Crippen molar-refractivity contribution in [3.8, 4) is 0 Å². The molecule has 0 saturated heterocycles. The van der Waals surface area contributed by atoms with Crippen LogP contribution in [-0.2, 0) is 4.79 Å². The second-order valence-corrected chi connectivity index (χ2v) is 5.56. The number of carboxylic acids is 1. The largest absolute Gasteiger partial charge is 0.481 e. The van der Waals surface area contributed by atoms with Gasteiger partial charge in [-0.3, -0.25) is 4.79 Å². The average Bonchev–Trinajstić information content (AvgIpc) is 2.22. The molecule has 0 spiro atoms. The molecule has 0 aliphatic rings. The number of carbonyl (C=O) groups excluding carboxylic acids is 1. The summed E-state index contributed by atoms with van der Waals surface area (Å²) < 4.78 is 0. The minimum Gasteiger partial charge on any atom is -0.481 e. The highest BCUT2D eigenvalue weighted by Gasteiger charge is 2.24. The molecule has 2 unspecified atom stereocenters. The number of nitrogens with one attached hydrogen (secondary N) is 2. The molecule has 7 heteroatoms. The van der Waals surface area contributed by atoms with Gasteiger partial charge in [0.25, 0.3) is 0 Å². The van der Waals surface area contributed by atoms with Gasteiger partial charge in [0.2, 0.25) is 0 Å². The molecule has 0 saturated carbocycles. The highest BCUT2D eigenvalue weighted by Crippen LogP contribution is 2.07. The fourth-order valence-corrected chi connectivity index (χ4v) is 1.89. The second kappa shape index (κ2) is 8.20. The van der Waals surface area contributed by atoms with Crippen LogP contribution in [0.15, 0.2) is 0 Å². The first kappa shape index (κ1) is 17.1. The molecule has 0 aromatic rings.